The molecule has 2 rings (SSSR count). The van der Waals surface area contributed by atoms with Gasteiger partial charge in [-0.3, -0.25) is 4.90 Å². The lowest BCUT2D eigenvalue weighted by molar-refractivity contribution is 0.250. The van der Waals surface area contributed by atoms with E-state index in [0.717, 1.165) is 12.1 Å². The Morgan fingerprint density at radius 3 is 3.06 bits per heavy atom. The van der Waals surface area contributed by atoms with Crippen LogP contribution < -0.4 is 16.0 Å². The third kappa shape index (κ3) is 2.28. The maximum atomic E-state index is 11.7. The molecule has 0 bridgehead atoms. The third-order valence-corrected chi connectivity index (χ3v) is 2.85. The van der Waals surface area contributed by atoms with E-state index in [4.69, 9.17) is 17.3 Å². The number of hydrogen-bond acceptors (Lipinski definition) is 2. The third-order valence-electron chi connectivity index (χ3n) is 2.61. The molecule has 4 nitrogen and oxygen atoms in total. The van der Waals surface area contributed by atoms with E-state index in [9.17, 15) is 4.79 Å². The van der Waals surface area contributed by atoms with Gasteiger partial charge in [-0.15, -0.1) is 0 Å². The Kier molecular flexibility index (Phi) is 3.31. The van der Waals surface area contributed by atoms with Crippen molar-refractivity contribution in [1.29, 1.82) is 0 Å². The Morgan fingerprint density at radius 1 is 1.56 bits per heavy atom. The number of rotatable bonds is 3. The highest BCUT2D eigenvalue weighted by Gasteiger charge is 2.28. The molecule has 86 valence electrons. The molecule has 1 atom stereocenters. The first-order chi connectivity index (χ1) is 7.70. The molecule has 0 saturated carbocycles. The Hall–Kier alpha value is -1.26. The number of amides is 2. The van der Waals surface area contributed by atoms with Gasteiger partial charge in [0, 0.05) is 23.3 Å². The minimum absolute atomic E-state index is 0.0827. The number of anilines is 1. The SMILES string of the molecule is NCCC1CN(c2cccc(Cl)c2)C(=O)N1. The molecule has 1 aromatic rings. The first-order valence-corrected chi connectivity index (χ1v) is 5.62. The van der Waals surface area contributed by atoms with Crippen LogP contribution in [-0.4, -0.2) is 25.2 Å². The first-order valence-electron chi connectivity index (χ1n) is 5.24. The lowest BCUT2D eigenvalue weighted by Gasteiger charge is -2.14. The van der Waals surface area contributed by atoms with Gasteiger partial charge < -0.3 is 11.1 Å². The fourth-order valence-corrected chi connectivity index (χ4v) is 2.02. The summed E-state index contributed by atoms with van der Waals surface area (Å²) in [6, 6.07) is 7.33. The highest BCUT2D eigenvalue weighted by atomic mass is 35.5. The van der Waals surface area contributed by atoms with Crippen LogP contribution in [-0.2, 0) is 0 Å². The van der Waals surface area contributed by atoms with Crippen molar-refractivity contribution in [1.82, 2.24) is 5.32 Å². The van der Waals surface area contributed by atoms with Crippen LogP contribution in [0.25, 0.3) is 0 Å². The summed E-state index contributed by atoms with van der Waals surface area (Å²) >= 11 is 5.89. The van der Waals surface area contributed by atoms with E-state index >= 15 is 0 Å². The van der Waals surface area contributed by atoms with Gasteiger partial charge in [0.1, 0.15) is 0 Å². The van der Waals surface area contributed by atoms with Crippen LogP contribution in [0, 0.1) is 0 Å². The molecule has 1 saturated heterocycles. The zero-order chi connectivity index (χ0) is 11.5. The second-order valence-electron chi connectivity index (χ2n) is 3.81. The molecule has 0 aliphatic carbocycles. The van der Waals surface area contributed by atoms with Crippen molar-refractivity contribution < 1.29 is 4.79 Å². The summed E-state index contributed by atoms with van der Waals surface area (Å²) in [7, 11) is 0. The van der Waals surface area contributed by atoms with E-state index in [1.807, 2.05) is 12.1 Å². The molecule has 1 fully saturated rings. The highest BCUT2D eigenvalue weighted by molar-refractivity contribution is 6.30. The van der Waals surface area contributed by atoms with E-state index in [0.29, 0.717) is 18.1 Å². The van der Waals surface area contributed by atoms with Crippen LogP contribution >= 0.6 is 11.6 Å². The summed E-state index contributed by atoms with van der Waals surface area (Å²) in [6.45, 7) is 1.23. The molecule has 1 aliphatic heterocycles. The lowest BCUT2D eigenvalue weighted by Crippen LogP contribution is -2.29. The van der Waals surface area contributed by atoms with Gasteiger partial charge in [-0.05, 0) is 31.2 Å². The smallest absolute Gasteiger partial charge is 0.322 e. The molecule has 3 N–H and O–H groups in total. The lowest BCUT2D eigenvalue weighted by atomic mass is 10.2. The fraction of sp³-hybridized carbons (Fsp3) is 0.364. The zero-order valence-electron chi connectivity index (χ0n) is 8.82. The number of nitrogens with zero attached hydrogens (tertiary/aromatic N) is 1. The van der Waals surface area contributed by atoms with Crippen LogP contribution in [0.2, 0.25) is 5.02 Å². The summed E-state index contributed by atoms with van der Waals surface area (Å²) in [5.41, 5.74) is 6.29. The molecule has 1 aliphatic rings. The van der Waals surface area contributed by atoms with Crippen molar-refractivity contribution in [3.05, 3.63) is 29.3 Å². The largest absolute Gasteiger partial charge is 0.333 e. The minimum atomic E-state index is -0.0827. The average molecular weight is 240 g/mol. The molecule has 5 heteroatoms. The standard InChI is InChI=1S/C11H14ClN3O/c12-8-2-1-3-10(6-8)15-7-9(4-5-13)14-11(15)16/h1-3,6,9H,4-5,7,13H2,(H,14,16). The van der Waals surface area contributed by atoms with Crippen molar-refractivity contribution in [2.45, 2.75) is 12.5 Å². The van der Waals surface area contributed by atoms with Gasteiger partial charge in [0.15, 0.2) is 0 Å². The molecule has 2 amide bonds. The molecular formula is C11H14ClN3O. The molecular weight excluding hydrogens is 226 g/mol. The fourth-order valence-electron chi connectivity index (χ4n) is 1.83. The summed E-state index contributed by atoms with van der Waals surface area (Å²) in [5, 5.41) is 3.52. The predicted octanol–water partition coefficient (Wildman–Crippen LogP) is 1.59. The number of halogens is 1. The summed E-state index contributed by atoms with van der Waals surface area (Å²) in [4.78, 5) is 13.4. The number of nitrogens with one attached hydrogen (secondary N) is 1. The second-order valence-corrected chi connectivity index (χ2v) is 4.25. The number of carbonyl (C=O) groups excluding carboxylic acids is 1. The molecule has 0 aromatic heterocycles. The number of benzene rings is 1. The number of nitrogens with two attached hydrogens (primary N) is 1. The molecule has 0 radical (unpaired) electrons. The van der Waals surface area contributed by atoms with Crippen LogP contribution in [0.4, 0.5) is 10.5 Å². The normalized spacial score (nSPS) is 20.0. The minimum Gasteiger partial charge on any atom is -0.333 e. The Labute approximate surface area is 99.4 Å². The topological polar surface area (TPSA) is 58.4 Å². The Bertz CT molecular complexity index is 397. The van der Waals surface area contributed by atoms with Crippen LogP contribution in [0.15, 0.2) is 24.3 Å². The second kappa shape index (κ2) is 4.72. The van der Waals surface area contributed by atoms with Gasteiger partial charge in [0.25, 0.3) is 0 Å². The Morgan fingerprint density at radius 2 is 2.38 bits per heavy atom. The Balaban J connectivity index is 2.13. The van der Waals surface area contributed by atoms with Crippen LogP contribution in [0.5, 0.6) is 0 Å². The zero-order valence-corrected chi connectivity index (χ0v) is 9.57. The summed E-state index contributed by atoms with van der Waals surface area (Å²) < 4.78 is 0. The van der Waals surface area contributed by atoms with Gasteiger partial charge in [0.2, 0.25) is 0 Å². The summed E-state index contributed by atoms with van der Waals surface area (Å²) in [6.07, 6.45) is 0.794. The monoisotopic (exact) mass is 239 g/mol. The van der Waals surface area contributed by atoms with Crippen LogP contribution in [0.3, 0.4) is 0 Å². The van der Waals surface area contributed by atoms with Gasteiger partial charge >= 0.3 is 6.03 Å². The van der Waals surface area contributed by atoms with Crippen LogP contribution in [0.1, 0.15) is 6.42 Å². The maximum Gasteiger partial charge on any atom is 0.322 e. The van der Waals surface area contributed by atoms with Gasteiger partial charge in [-0.1, -0.05) is 17.7 Å². The van der Waals surface area contributed by atoms with Gasteiger partial charge in [-0.2, -0.15) is 0 Å². The van der Waals surface area contributed by atoms with E-state index in [1.165, 1.54) is 0 Å². The van der Waals surface area contributed by atoms with Crippen molar-refractivity contribution in [2.75, 3.05) is 18.0 Å². The predicted molar refractivity (Wildman–Crippen MR) is 64.8 cm³/mol. The van der Waals surface area contributed by atoms with Crippen molar-refractivity contribution in [3.8, 4) is 0 Å². The van der Waals surface area contributed by atoms with E-state index in [-0.39, 0.29) is 12.1 Å². The molecule has 16 heavy (non-hydrogen) atoms. The quantitative estimate of drug-likeness (QED) is 0.842. The first kappa shape index (κ1) is 11.2. The molecule has 1 unspecified atom stereocenters. The van der Waals surface area contributed by atoms with Crippen molar-refractivity contribution in [2.24, 2.45) is 5.73 Å². The van der Waals surface area contributed by atoms with Crippen molar-refractivity contribution >= 4 is 23.3 Å². The highest BCUT2D eigenvalue weighted by Crippen LogP contribution is 2.22. The van der Waals surface area contributed by atoms with E-state index in [2.05, 4.69) is 5.32 Å². The van der Waals surface area contributed by atoms with E-state index in [1.54, 1.807) is 17.0 Å². The molecule has 1 heterocycles. The molecule has 1 aromatic carbocycles. The van der Waals surface area contributed by atoms with Crippen molar-refractivity contribution in [3.63, 3.8) is 0 Å². The summed E-state index contributed by atoms with van der Waals surface area (Å²) in [5.74, 6) is 0. The average Bonchev–Trinajstić information content (AvgIpc) is 2.60. The van der Waals surface area contributed by atoms with Gasteiger partial charge in [-0.25, -0.2) is 4.79 Å². The van der Waals surface area contributed by atoms with E-state index < -0.39 is 0 Å². The van der Waals surface area contributed by atoms with Gasteiger partial charge in [0.05, 0.1) is 0 Å². The number of hydrogen-bond donors (Lipinski definition) is 2. The molecule has 0 spiro atoms. The number of urea groups is 1. The maximum absolute atomic E-state index is 11.7. The number of carbonyl (C=O) groups is 1.